The van der Waals surface area contributed by atoms with E-state index < -0.39 is 12.0 Å². The SMILES string of the molecule is CC1CCCC1C(=O)N1CCN(C(C)C(=O)O)CC1. The highest BCUT2D eigenvalue weighted by atomic mass is 16.4. The molecule has 1 aliphatic carbocycles. The normalized spacial score (nSPS) is 30.3. The molecular weight excluding hydrogens is 244 g/mol. The highest BCUT2D eigenvalue weighted by Gasteiger charge is 2.35. The summed E-state index contributed by atoms with van der Waals surface area (Å²) in [5, 5.41) is 8.99. The number of piperazine rings is 1. The van der Waals surface area contributed by atoms with Gasteiger partial charge in [0.2, 0.25) is 5.91 Å². The van der Waals surface area contributed by atoms with Gasteiger partial charge >= 0.3 is 5.97 Å². The number of carbonyl (C=O) groups excluding carboxylic acids is 1. The Morgan fingerprint density at radius 3 is 2.26 bits per heavy atom. The van der Waals surface area contributed by atoms with Crippen LogP contribution in [0.1, 0.15) is 33.1 Å². The van der Waals surface area contributed by atoms with Crippen LogP contribution in [0.15, 0.2) is 0 Å². The Morgan fingerprint density at radius 2 is 1.79 bits per heavy atom. The predicted molar refractivity (Wildman–Crippen MR) is 71.8 cm³/mol. The second kappa shape index (κ2) is 5.90. The van der Waals surface area contributed by atoms with E-state index in [-0.39, 0.29) is 11.8 Å². The first kappa shape index (κ1) is 14.3. The maximum absolute atomic E-state index is 12.4. The molecule has 19 heavy (non-hydrogen) atoms. The highest BCUT2D eigenvalue weighted by molar-refractivity contribution is 5.79. The fourth-order valence-electron chi connectivity index (χ4n) is 3.23. The van der Waals surface area contributed by atoms with Crippen LogP contribution in [0, 0.1) is 11.8 Å². The zero-order valence-electron chi connectivity index (χ0n) is 11.8. The number of hydrogen-bond acceptors (Lipinski definition) is 3. The molecule has 1 N–H and O–H groups in total. The van der Waals surface area contributed by atoms with Crippen molar-refractivity contribution >= 4 is 11.9 Å². The van der Waals surface area contributed by atoms with Crippen LogP contribution < -0.4 is 0 Å². The van der Waals surface area contributed by atoms with Crippen molar-refractivity contribution in [3.63, 3.8) is 0 Å². The van der Waals surface area contributed by atoms with Crippen molar-refractivity contribution in [1.29, 1.82) is 0 Å². The molecule has 0 radical (unpaired) electrons. The number of hydrogen-bond donors (Lipinski definition) is 1. The van der Waals surface area contributed by atoms with Gasteiger partial charge in [-0.3, -0.25) is 14.5 Å². The van der Waals surface area contributed by atoms with E-state index in [1.165, 1.54) is 0 Å². The first-order valence-corrected chi connectivity index (χ1v) is 7.26. The van der Waals surface area contributed by atoms with Gasteiger partial charge in [0, 0.05) is 32.1 Å². The van der Waals surface area contributed by atoms with E-state index in [2.05, 4.69) is 6.92 Å². The number of amides is 1. The number of carboxylic acids is 1. The van der Waals surface area contributed by atoms with Crippen molar-refractivity contribution in [2.24, 2.45) is 11.8 Å². The number of rotatable bonds is 3. The van der Waals surface area contributed by atoms with Crippen LogP contribution in [-0.4, -0.2) is 59.0 Å². The Bertz CT molecular complexity index is 351. The molecule has 3 unspecified atom stereocenters. The summed E-state index contributed by atoms with van der Waals surface area (Å²) >= 11 is 0. The molecule has 1 saturated carbocycles. The maximum Gasteiger partial charge on any atom is 0.320 e. The Kier molecular flexibility index (Phi) is 4.45. The van der Waals surface area contributed by atoms with Crippen molar-refractivity contribution in [3.8, 4) is 0 Å². The largest absolute Gasteiger partial charge is 0.480 e. The summed E-state index contributed by atoms with van der Waals surface area (Å²) in [7, 11) is 0. The van der Waals surface area contributed by atoms with Crippen molar-refractivity contribution in [2.75, 3.05) is 26.2 Å². The Labute approximate surface area is 114 Å². The van der Waals surface area contributed by atoms with Crippen LogP contribution in [0.3, 0.4) is 0 Å². The van der Waals surface area contributed by atoms with Gasteiger partial charge in [-0.25, -0.2) is 0 Å². The molecule has 1 heterocycles. The monoisotopic (exact) mass is 268 g/mol. The molecule has 2 fully saturated rings. The van der Waals surface area contributed by atoms with Gasteiger partial charge < -0.3 is 10.0 Å². The van der Waals surface area contributed by atoms with Gasteiger partial charge in [0.25, 0.3) is 0 Å². The number of nitrogens with zero attached hydrogens (tertiary/aromatic N) is 2. The quantitative estimate of drug-likeness (QED) is 0.831. The van der Waals surface area contributed by atoms with Gasteiger partial charge in [-0.1, -0.05) is 13.3 Å². The second-order valence-corrected chi connectivity index (χ2v) is 5.89. The summed E-state index contributed by atoms with van der Waals surface area (Å²) in [5.74, 6) is 0.198. The molecule has 1 saturated heterocycles. The Hall–Kier alpha value is -1.10. The van der Waals surface area contributed by atoms with E-state index in [4.69, 9.17) is 5.11 Å². The van der Waals surface area contributed by atoms with Crippen LogP contribution in [0.4, 0.5) is 0 Å². The summed E-state index contributed by atoms with van der Waals surface area (Å²) in [6, 6.07) is -0.456. The third kappa shape index (κ3) is 3.08. The molecule has 1 aliphatic heterocycles. The Balaban J connectivity index is 1.86. The van der Waals surface area contributed by atoms with Crippen molar-refractivity contribution in [3.05, 3.63) is 0 Å². The summed E-state index contributed by atoms with van der Waals surface area (Å²) in [4.78, 5) is 27.2. The number of carboxylic acid groups (broad SMARTS) is 1. The van der Waals surface area contributed by atoms with Crippen LogP contribution in [0.5, 0.6) is 0 Å². The third-order valence-corrected chi connectivity index (χ3v) is 4.71. The van der Waals surface area contributed by atoms with Gasteiger partial charge in [-0.15, -0.1) is 0 Å². The molecular formula is C14H24N2O3. The third-order valence-electron chi connectivity index (χ3n) is 4.71. The lowest BCUT2D eigenvalue weighted by molar-refractivity contribution is -0.144. The summed E-state index contributed by atoms with van der Waals surface area (Å²) in [6.07, 6.45) is 3.34. The highest BCUT2D eigenvalue weighted by Crippen LogP contribution is 2.32. The van der Waals surface area contributed by atoms with Crippen molar-refractivity contribution < 1.29 is 14.7 Å². The predicted octanol–water partition coefficient (Wildman–Crippen LogP) is 1.04. The lowest BCUT2D eigenvalue weighted by atomic mass is 9.96. The first-order chi connectivity index (χ1) is 9.00. The van der Waals surface area contributed by atoms with E-state index in [0.717, 1.165) is 19.3 Å². The molecule has 0 aromatic rings. The average molecular weight is 268 g/mol. The minimum atomic E-state index is -0.788. The topological polar surface area (TPSA) is 60.9 Å². The van der Waals surface area contributed by atoms with Gasteiger partial charge in [-0.2, -0.15) is 0 Å². The van der Waals surface area contributed by atoms with Gasteiger partial charge in [0.05, 0.1) is 0 Å². The first-order valence-electron chi connectivity index (χ1n) is 7.26. The standard InChI is InChI=1S/C14H24N2O3/c1-10-4-3-5-12(10)13(17)16-8-6-15(7-9-16)11(2)14(18)19/h10-12H,3-9H2,1-2H3,(H,18,19). The van der Waals surface area contributed by atoms with Crippen LogP contribution in [0.25, 0.3) is 0 Å². The minimum absolute atomic E-state index is 0.198. The molecule has 0 bridgehead atoms. The molecule has 5 heteroatoms. The number of carbonyl (C=O) groups is 2. The molecule has 1 amide bonds. The van der Waals surface area contributed by atoms with E-state index in [0.29, 0.717) is 32.1 Å². The fraction of sp³-hybridized carbons (Fsp3) is 0.857. The zero-order valence-corrected chi connectivity index (χ0v) is 11.8. The second-order valence-electron chi connectivity index (χ2n) is 5.89. The lowest BCUT2D eigenvalue weighted by Crippen LogP contribution is -2.54. The molecule has 2 rings (SSSR count). The Morgan fingerprint density at radius 1 is 1.16 bits per heavy atom. The molecule has 0 aromatic heterocycles. The van der Waals surface area contributed by atoms with E-state index >= 15 is 0 Å². The summed E-state index contributed by atoms with van der Waals surface area (Å²) in [5.41, 5.74) is 0. The minimum Gasteiger partial charge on any atom is -0.480 e. The van der Waals surface area contributed by atoms with Crippen molar-refractivity contribution in [2.45, 2.75) is 39.2 Å². The maximum atomic E-state index is 12.4. The lowest BCUT2D eigenvalue weighted by Gasteiger charge is -2.38. The van der Waals surface area contributed by atoms with Crippen LogP contribution in [0.2, 0.25) is 0 Å². The van der Waals surface area contributed by atoms with Gasteiger partial charge in [0.15, 0.2) is 0 Å². The molecule has 108 valence electrons. The molecule has 0 spiro atoms. The smallest absolute Gasteiger partial charge is 0.320 e. The van der Waals surface area contributed by atoms with Gasteiger partial charge in [0.1, 0.15) is 6.04 Å². The van der Waals surface area contributed by atoms with Crippen LogP contribution in [-0.2, 0) is 9.59 Å². The van der Waals surface area contributed by atoms with E-state index in [1.807, 2.05) is 9.80 Å². The van der Waals surface area contributed by atoms with Crippen LogP contribution >= 0.6 is 0 Å². The average Bonchev–Trinajstić information content (AvgIpc) is 2.83. The van der Waals surface area contributed by atoms with E-state index in [9.17, 15) is 9.59 Å². The number of aliphatic carboxylic acids is 1. The molecule has 5 nitrogen and oxygen atoms in total. The summed E-state index contributed by atoms with van der Waals surface area (Å²) < 4.78 is 0. The summed E-state index contributed by atoms with van der Waals surface area (Å²) in [6.45, 7) is 6.54. The molecule has 0 aromatic carbocycles. The van der Waals surface area contributed by atoms with Gasteiger partial charge in [-0.05, 0) is 25.7 Å². The van der Waals surface area contributed by atoms with Crippen molar-refractivity contribution in [1.82, 2.24) is 9.80 Å². The van der Waals surface area contributed by atoms with E-state index in [1.54, 1.807) is 6.92 Å². The fourth-order valence-corrected chi connectivity index (χ4v) is 3.23. The zero-order chi connectivity index (χ0) is 14.0. The molecule has 3 atom stereocenters. The molecule has 2 aliphatic rings.